The minimum atomic E-state index is -3.87. The smallest absolute Gasteiger partial charge is 0.321 e. The number of aryl methyl sites for hydroxylation is 1. The first kappa shape index (κ1) is 24.5. The lowest BCUT2D eigenvalue weighted by atomic mass is 9.96. The first-order valence-electron chi connectivity index (χ1n) is 10.2. The summed E-state index contributed by atoms with van der Waals surface area (Å²) in [5.41, 5.74) is 1.74. The summed E-state index contributed by atoms with van der Waals surface area (Å²) >= 11 is 0. The fourth-order valence-electron chi connectivity index (χ4n) is 3.03. The Hall–Kier alpha value is -2.72. The lowest BCUT2D eigenvalue weighted by Crippen LogP contribution is -2.48. The van der Waals surface area contributed by atoms with Crippen molar-refractivity contribution in [3.8, 4) is 0 Å². The summed E-state index contributed by atoms with van der Waals surface area (Å²) in [6, 6.07) is 6.61. The molecule has 1 atom stereocenters. The monoisotopic (exact) mass is 451 g/mol. The van der Waals surface area contributed by atoms with Crippen LogP contribution < -0.4 is 15.4 Å². The molecular formula is C21H29N3O6S. The van der Waals surface area contributed by atoms with Crippen LogP contribution >= 0.6 is 0 Å². The van der Waals surface area contributed by atoms with Gasteiger partial charge in [0.05, 0.1) is 0 Å². The topological polar surface area (TPSA) is 131 Å². The molecule has 1 saturated carbocycles. The average Bonchev–Trinajstić information content (AvgIpc) is 2.72. The van der Waals surface area contributed by atoms with Crippen molar-refractivity contribution in [2.24, 2.45) is 0 Å². The minimum Gasteiger partial charge on any atom is -0.452 e. The molecule has 31 heavy (non-hydrogen) atoms. The van der Waals surface area contributed by atoms with E-state index in [-0.39, 0.29) is 6.04 Å². The van der Waals surface area contributed by atoms with Crippen LogP contribution in [0.1, 0.15) is 50.2 Å². The number of ether oxygens (including phenoxy) is 1. The van der Waals surface area contributed by atoms with Gasteiger partial charge in [0.2, 0.25) is 10.0 Å². The molecule has 1 fully saturated rings. The lowest BCUT2D eigenvalue weighted by molar-refractivity contribution is -0.153. The maximum atomic E-state index is 12.0. The predicted octanol–water partition coefficient (Wildman–Crippen LogP) is 1.98. The zero-order chi connectivity index (χ0) is 22.9. The van der Waals surface area contributed by atoms with E-state index in [9.17, 15) is 22.8 Å². The maximum Gasteiger partial charge on any atom is 0.321 e. The average molecular weight is 452 g/mol. The van der Waals surface area contributed by atoms with E-state index < -0.39 is 40.6 Å². The van der Waals surface area contributed by atoms with Crippen LogP contribution in [0.3, 0.4) is 0 Å². The maximum absolute atomic E-state index is 12.0. The Labute approximate surface area is 182 Å². The number of carbonyl (C=O) groups is 3. The van der Waals surface area contributed by atoms with Crippen molar-refractivity contribution in [1.29, 1.82) is 0 Å². The number of benzene rings is 1. The summed E-state index contributed by atoms with van der Waals surface area (Å²) in [4.78, 5) is 35.8. The van der Waals surface area contributed by atoms with Crippen LogP contribution in [0.4, 0.5) is 4.79 Å². The van der Waals surface area contributed by atoms with Crippen molar-refractivity contribution in [2.75, 3.05) is 6.54 Å². The largest absolute Gasteiger partial charge is 0.452 e. The number of sulfonamides is 1. The van der Waals surface area contributed by atoms with Crippen LogP contribution in [0.15, 0.2) is 29.7 Å². The first-order chi connectivity index (χ1) is 14.6. The number of carbonyl (C=O) groups excluding carboxylic acids is 3. The summed E-state index contributed by atoms with van der Waals surface area (Å²) in [5, 5.41) is 5.80. The second kappa shape index (κ2) is 11.6. The molecule has 0 bridgehead atoms. The molecule has 1 aromatic carbocycles. The molecule has 3 N–H and O–H groups in total. The van der Waals surface area contributed by atoms with Gasteiger partial charge in [-0.3, -0.25) is 14.9 Å². The highest BCUT2D eigenvalue weighted by atomic mass is 32.2. The molecule has 0 spiro atoms. The Morgan fingerprint density at radius 1 is 1.13 bits per heavy atom. The Bertz CT molecular complexity index is 906. The van der Waals surface area contributed by atoms with Gasteiger partial charge in [0.15, 0.2) is 6.10 Å². The van der Waals surface area contributed by atoms with Gasteiger partial charge in [-0.2, -0.15) is 0 Å². The standard InChI is InChI=1S/C21H29N3O6S/c1-15-8-10-17(11-9-15)12-13-31(28,29)22-14-19(25)30-16(2)20(26)24-21(27)23-18-6-4-3-5-7-18/h8-13,16,18,22H,3-7,14H2,1-2H3,(H2,23,24,26,27)/b13-12+/t16-/m1/s1. The second-order valence-corrected chi connectivity index (χ2v) is 9.16. The molecule has 0 aromatic heterocycles. The number of imide groups is 1. The fraction of sp³-hybridized carbons (Fsp3) is 0.476. The summed E-state index contributed by atoms with van der Waals surface area (Å²) in [7, 11) is -3.87. The van der Waals surface area contributed by atoms with Gasteiger partial charge in [-0.1, -0.05) is 49.1 Å². The number of hydrogen-bond donors (Lipinski definition) is 3. The van der Waals surface area contributed by atoms with E-state index in [1.807, 2.05) is 19.1 Å². The number of esters is 1. The van der Waals surface area contributed by atoms with Gasteiger partial charge in [0, 0.05) is 11.4 Å². The number of rotatable bonds is 8. The van der Waals surface area contributed by atoms with Gasteiger partial charge in [-0.15, -0.1) is 0 Å². The molecule has 1 aliphatic rings. The second-order valence-electron chi connectivity index (χ2n) is 7.51. The highest BCUT2D eigenvalue weighted by Crippen LogP contribution is 2.17. The summed E-state index contributed by atoms with van der Waals surface area (Å²) in [6.07, 6.45) is 5.07. The van der Waals surface area contributed by atoms with E-state index in [1.54, 1.807) is 12.1 Å². The molecule has 170 valence electrons. The van der Waals surface area contributed by atoms with E-state index in [0.717, 1.165) is 43.1 Å². The van der Waals surface area contributed by atoms with Crippen LogP contribution in [0.5, 0.6) is 0 Å². The molecule has 2 rings (SSSR count). The molecule has 3 amide bonds. The summed E-state index contributed by atoms with van der Waals surface area (Å²) < 4.78 is 31.0. The van der Waals surface area contributed by atoms with Gasteiger partial charge < -0.3 is 10.1 Å². The quantitative estimate of drug-likeness (QED) is 0.518. The van der Waals surface area contributed by atoms with Crippen LogP contribution in [0.25, 0.3) is 6.08 Å². The molecule has 0 radical (unpaired) electrons. The SMILES string of the molecule is Cc1ccc(/C=C/S(=O)(=O)NCC(=O)O[C@H](C)C(=O)NC(=O)NC2CCCCC2)cc1. The van der Waals surface area contributed by atoms with Crippen molar-refractivity contribution in [3.63, 3.8) is 0 Å². The Balaban J connectivity index is 1.74. The zero-order valence-corrected chi connectivity index (χ0v) is 18.5. The first-order valence-corrected chi connectivity index (χ1v) is 11.7. The summed E-state index contributed by atoms with van der Waals surface area (Å²) in [5.74, 6) is -1.73. The van der Waals surface area contributed by atoms with E-state index >= 15 is 0 Å². The van der Waals surface area contributed by atoms with Gasteiger partial charge in [0.1, 0.15) is 6.54 Å². The molecule has 1 aromatic rings. The van der Waals surface area contributed by atoms with Crippen molar-refractivity contribution >= 4 is 34.0 Å². The zero-order valence-electron chi connectivity index (χ0n) is 17.7. The summed E-state index contributed by atoms with van der Waals surface area (Å²) in [6.45, 7) is 2.57. The van der Waals surface area contributed by atoms with Crippen LogP contribution in [-0.4, -0.2) is 45.0 Å². The van der Waals surface area contributed by atoms with E-state index in [4.69, 9.17) is 4.74 Å². The lowest BCUT2D eigenvalue weighted by Gasteiger charge is -2.23. The van der Waals surface area contributed by atoms with Gasteiger partial charge in [-0.25, -0.2) is 17.9 Å². The normalized spacial score (nSPS) is 15.9. The van der Waals surface area contributed by atoms with Gasteiger partial charge in [-0.05, 0) is 38.3 Å². The van der Waals surface area contributed by atoms with E-state index in [0.29, 0.717) is 5.56 Å². The van der Waals surface area contributed by atoms with Crippen LogP contribution in [0, 0.1) is 6.92 Å². The number of amides is 3. The molecule has 0 aliphatic heterocycles. The highest BCUT2D eigenvalue weighted by molar-refractivity contribution is 7.92. The van der Waals surface area contributed by atoms with Gasteiger partial charge in [0.25, 0.3) is 5.91 Å². The molecular weight excluding hydrogens is 422 g/mol. The Morgan fingerprint density at radius 2 is 1.77 bits per heavy atom. The number of hydrogen-bond acceptors (Lipinski definition) is 6. The molecule has 0 heterocycles. The molecule has 10 heteroatoms. The predicted molar refractivity (Wildman–Crippen MR) is 116 cm³/mol. The Morgan fingerprint density at radius 3 is 2.42 bits per heavy atom. The Kier molecular flexibility index (Phi) is 9.20. The van der Waals surface area contributed by atoms with Gasteiger partial charge >= 0.3 is 12.0 Å². The molecule has 1 aliphatic carbocycles. The van der Waals surface area contributed by atoms with Crippen LogP contribution in [0.2, 0.25) is 0 Å². The minimum absolute atomic E-state index is 0.0294. The fourth-order valence-corrected chi connectivity index (χ4v) is 3.78. The van der Waals surface area contributed by atoms with Crippen LogP contribution in [-0.2, 0) is 24.3 Å². The van der Waals surface area contributed by atoms with Crippen molar-refractivity contribution in [2.45, 2.75) is 58.1 Å². The molecule has 9 nitrogen and oxygen atoms in total. The van der Waals surface area contributed by atoms with E-state index in [1.165, 1.54) is 13.0 Å². The van der Waals surface area contributed by atoms with Crippen molar-refractivity contribution in [3.05, 3.63) is 40.8 Å². The third kappa shape index (κ3) is 9.31. The third-order valence-electron chi connectivity index (χ3n) is 4.79. The highest BCUT2D eigenvalue weighted by Gasteiger charge is 2.22. The molecule has 0 unspecified atom stereocenters. The van der Waals surface area contributed by atoms with Crippen molar-refractivity contribution in [1.82, 2.24) is 15.4 Å². The van der Waals surface area contributed by atoms with Crippen molar-refractivity contribution < 1.29 is 27.5 Å². The van der Waals surface area contributed by atoms with E-state index in [2.05, 4.69) is 15.4 Å². The molecule has 0 saturated heterocycles. The number of urea groups is 1. The number of nitrogens with one attached hydrogen (secondary N) is 3. The third-order valence-corrected chi connectivity index (χ3v) is 5.83.